The molecule has 1 amide bonds. The fourth-order valence-corrected chi connectivity index (χ4v) is 5.46. The zero-order chi connectivity index (χ0) is 29.4. The van der Waals surface area contributed by atoms with Crippen molar-refractivity contribution in [2.75, 3.05) is 60.9 Å². The molecule has 4 rings (SSSR count). The van der Waals surface area contributed by atoms with Crippen molar-refractivity contribution in [2.24, 2.45) is 0 Å². The lowest BCUT2D eigenvalue weighted by atomic mass is 10.00. The average molecular weight is 816 g/mol. The maximum absolute atomic E-state index is 14.9. The summed E-state index contributed by atoms with van der Waals surface area (Å²) in [7, 11) is 8.75. The molecule has 1 heterocycles. The van der Waals surface area contributed by atoms with Gasteiger partial charge >= 0.3 is 0 Å². The van der Waals surface area contributed by atoms with E-state index in [4.69, 9.17) is 0 Å². The highest BCUT2D eigenvalue weighted by molar-refractivity contribution is 14.0. The Hall–Kier alpha value is -1.64. The quantitative estimate of drug-likeness (QED) is 0.218. The van der Waals surface area contributed by atoms with Crippen LogP contribution in [0.5, 0.6) is 0 Å². The number of halogens is 3. The molecule has 0 radical (unpaired) electrons. The molecule has 1 saturated heterocycles. The van der Waals surface area contributed by atoms with Crippen LogP contribution in [0.15, 0.2) is 66.7 Å². The summed E-state index contributed by atoms with van der Waals surface area (Å²) in [5, 5.41) is 6.50. The highest BCUT2D eigenvalue weighted by Gasteiger charge is 2.16. The Labute approximate surface area is 292 Å². The van der Waals surface area contributed by atoms with Gasteiger partial charge in [0.25, 0.3) is 5.91 Å². The van der Waals surface area contributed by atoms with Crippen molar-refractivity contribution < 1.29 is 37.6 Å². The summed E-state index contributed by atoms with van der Waals surface area (Å²) in [5.74, 6) is -0.385. The molecule has 1 atom stereocenters. The Morgan fingerprint density at radius 2 is 1.79 bits per heavy atom. The van der Waals surface area contributed by atoms with Crippen molar-refractivity contribution in [3.63, 3.8) is 0 Å². The molecule has 0 spiro atoms. The summed E-state index contributed by atoms with van der Waals surface area (Å²) in [6, 6.07) is 21.5. The van der Waals surface area contributed by atoms with E-state index in [-0.39, 0.29) is 59.7 Å². The summed E-state index contributed by atoms with van der Waals surface area (Å²) < 4.78 is 15.9. The second-order valence-corrected chi connectivity index (χ2v) is 12.6. The number of hydrogen-bond acceptors (Lipinski definition) is 4. The van der Waals surface area contributed by atoms with Gasteiger partial charge in [-0.2, -0.15) is 0 Å². The van der Waals surface area contributed by atoms with Gasteiger partial charge in [0.2, 0.25) is 0 Å². The zero-order valence-corrected chi connectivity index (χ0v) is 30.7. The molecule has 1 aliphatic rings. The van der Waals surface area contributed by atoms with Gasteiger partial charge in [0, 0.05) is 69.4 Å². The van der Waals surface area contributed by atoms with E-state index in [1.54, 1.807) is 6.07 Å². The van der Waals surface area contributed by atoms with Gasteiger partial charge in [0.05, 0.1) is 27.7 Å². The van der Waals surface area contributed by atoms with Crippen LogP contribution < -0.4 is 34.6 Å². The largest absolute Gasteiger partial charge is 1.00 e. The molecule has 0 bridgehead atoms. The molecule has 3 aromatic carbocycles. The third-order valence-electron chi connectivity index (χ3n) is 7.59. The fraction of sp³-hybridized carbons (Fsp3) is 0.441. The molecule has 236 valence electrons. The van der Waals surface area contributed by atoms with Crippen LogP contribution in [0.4, 0.5) is 4.39 Å². The topological polar surface area (TPSA) is 47.6 Å². The Balaban J connectivity index is 0.00000323. The lowest BCUT2D eigenvalue weighted by Gasteiger charge is -2.31. The summed E-state index contributed by atoms with van der Waals surface area (Å²) in [6.45, 7) is 9.32. The predicted octanol–water partition coefficient (Wildman–Crippen LogP) is 2.37. The Morgan fingerprint density at radius 3 is 2.53 bits per heavy atom. The first-order valence-corrected chi connectivity index (χ1v) is 14.8. The van der Waals surface area contributed by atoms with Gasteiger partial charge in [-0.25, -0.2) is 4.39 Å². The second kappa shape index (κ2) is 17.7. The van der Waals surface area contributed by atoms with Crippen LogP contribution in [0.1, 0.15) is 40.4 Å². The molecule has 0 aliphatic carbocycles. The lowest BCUT2D eigenvalue weighted by Crippen LogP contribution is -3.00. The first-order chi connectivity index (χ1) is 19.6. The number of carbonyl (C=O) groups excluding carboxylic acids is 1. The molecule has 0 unspecified atom stereocenters. The first kappa shape index (κ1) is 37.5. The van der Waals surface area contributed by atoms with E-state index in [1.165, 1.54) is 11.6 Å². The Bertz CT molecular complexity index is 1320. The molecule has 43 heavy (non-hydrogen) atoms. The van der Waals surface area contributed by atoms with Crippen LogP contribution in [0.3, 0.4) is 0 Å². The van der Waals surface area contributed by atoms with Crippen LogP contribution in [0.25, 0.3) is 11.1 Å². The highest BCUT2D eigenvalue weighted by atomic mass is 127. The monoisotopic (exact) mass is 815 g/mol. The number of hydrogen-bond donors (Lipinski definition) is 2. The van der Waals surface area contributed by atoms with E-state index in [0.29, 0.717) is 23.7 Å². The second-order valence-electron chi connectivity index (χ2n) is 12.6. The molecule has 1 fully saturated rings. The fourth-order valence-electron chi connectivity index (χ4n) is 5.46. The van der Waals surface area contributed by atoms with Crippen LogP contribution in [-0.2, 0) is 19.6 Å². The van der Waals surface area contributed by atoms with E-state index in [9.17, 15) is 9.18 Å². The Kier molecular flexibility index (Phi) is 15.5. The number of nitrogens with zero attached hydrogens (tertiary/aromatic N) is 3. The number of piperazine rings is 1. The van der Waals surface area contributed by atoms with Crippen LogP contribution in [0, 0.1) is 5.82 Å². The minimum atomic E-state index is -0.258. The number of nitrogens with one attached hydrogen (secondary N) is 2. The average Bonchev–Trinajstić information content (AvgIpc) is 2.92. The Morgan fingerprint density at radius 1 is 1.05 bits per heavy atom. The summed E-state index contributed by atoms with van der Waals surface area (Å²) >= 11 is 0. The van der Waals surface area contributed by atoms with Gasteiger partial charge in [-0.3, -0.25) is 9.69 Å². The number of benzene rings is 3. The SMILES string of the molecule is C[C@H]1CN(Cc2cccc(-c3cc(CNC(=O)c4cccc(CN(C)CCC[N+](C)(C)C)c4)ccc3F)c2)CCN1.I.[I-]. The van der Waals surface area contributed by atoms with Crippen molar-refractivity contribution >= 4 is 29.9 Å². The molecular formula is C34H48FI2N5O. The van der Waals surface area contributed by atoms with Gasteiger partial charge in [-0.1, -0.05) is 36.4 Å². The molecule has 2 N–H and O–H groups in total. The van der Waals surface area contributed by atoms with Crippen LogP contribution in [-0.4, -0.2) is 87.1 Å². The van der Waals surface area contributed by atoms with Crippen LogP contribution >= 0.6 is 24.0 Å². The van der Waals surface area contributed by atoms with Crippen molar-refractivity contribution in [1.82, 2.24) is 20.4 Å². The van der Waals surface area contributed by atoms with E-state index < -0.39 is 0 Å². The number of rotatable bonds is 12. The lowest BCUT2D eigenvalue weighted by molar-refractivity contribution is -0.870. The minimum Gasteiger partial charge on any atom is -1.00 e. The van der Waals surface area contributed by atoms with Crippen molar-refractivity contribution in [1.29, 1.82) is 0 Å². The summed E-state index contributed by atoms with van der Waals surface area (Å²) in [6.07, 6.45) is 1.12. The zero-order valence-electron chi connectivity index (χ0n) is 26.2. The smallest absolute Gasteiger partial charge is 0.251 e. The van der Waals surface area contributed by atoms with E-state index in [1.807, 2.05) is 36.4 Å². The third kappa shape index (κ3) is 12.3. The third-order valence-corrected chi connectivity index (χ3v) is 7.59. The minimum absolute atomic E-state index is 0. The predicted molar refractivity (Wildman–Crippen MR) is 181 cm³/mol. The number of carbonyl (C=O) groups is 1. The molecule has 9 heteroatoms. The summed E-state index contributed by atoms with van der Waals surface area (Å²) in [4.78, 5) is 17.7. The van der Waals surface area contributed by atoms with Gasteiger partial charge in [-0.15, -0.1) is 24.0 Å². The van der Waals surface area contributed by atoms with Crippen molar-refractivity contribution in [2.45, 2.75) is 39.0 Å². The molecule has 1 aliphatic heterocycles. The standard InChI is InChI=1S/C34H46FN5O.2HI/c1-26-23-39(17-15-36-26)25-29-10-6-11-30(19-29)32-21-27(13-14-33(32)35)22-37-34(41)31-12-7-9-28(20-31)24-38(2)16-8-18-40(3,4)5;;/h6-7,9-14,19-21,26,36H,8,15-18,22-25H2,1-5H3;2*1H/t26-;;/m0../s1. The first-order valence-electron chi connectivity index (χ1n) is 14.8. The summed E-state index contributed by atoms with van der Waals surface area (Å²) in [5.41, 5.74) is 5.21. The van der Waals surface area contributed by atoms with Crippen molar-refractivity contribution in [3.8, 4) is 11.1 Å². The van der Waals surface area contributed by atoms with Crippen LogP contribution in [0.2, 0.25) is 0 Å². The van der Waals surface area contributed by atoms with E-state index >= 15 is 0 Å². The molecule has 3 aromatic rings. The maximum Gasteiger partial charge on any atom is 0.251 e. The number of quaternary nitrogens is 1. The van der Waals surface area contributed by atoms with Gasteiger partial charge in [0.1, 0.15) is 5.82 Å². The van der Waals surface area contributed by atoms with Gasteiger partial charge in [0.15, 0.2) is 0 Å². The van der Waals surface area contributed by atoms with Gasteiger partial charge < -0.3 is 44.0 Å². The van der Waals surface area contributed by atoms with Crippen molar-refractivity contribution in [3.05, 3.63) is 94.8 Å². The molecular weight excluding hydrogens is 767 g/mol. The van der Waals surface area contributed by atoms with E-state index in [2.05, 4.69) is 73.7 Å². The number of amides is 1. The molecule has 0 saturated carbocycles. The molecule has 6 nitrogen and oxygen atoms in total. The molecule has 0 aromatic heterocycles. The normalized spacial score (nSPS) is 15.5. The highest BCUT2D eigenvalue weighted by Crippen LogP contribution is 2.26. The maximum atomic E-state index is 14.9. The van der Waals surface area contributed by atoms with Gasteiger partial charge in [-0.05, 0) is 66.6 Å². The van der Waals surface area contributed by atoms with E-state index in [0.717, 1.165) is 73.4 Å².